The number of hydrogen-bond donors (Lipinski definition) is 1. The molecule has 0 bridgehead atoms. The lowest BCUT2D eigenvalue weighted by molar-refractivity contribution is 0.442. The molecule has 2 rings (SSSR count). The maximum Gasteiger partial charge on any atom is 0.0934 e. The summed E-state index contributed by atoms with van der Waals surface area (Å²) in [5.74, 6) is 0.580. The predicted molar refractivity (Wildman–Crippen MR) is 86.9 cm³/mol. The van der Waals surface area contributed by atoms with E-state index < -0.39 is 0 Å². The maximum atomic E-state index is 5.18. The molecule has 0 saturated heterocycles. The Labute approximate surface area is 129 Å². The molecule has 2 nitrogen and oxygen atoms in total. The molecule has 1 heterocycles. The van der Waals surface area contributed by atoms with Crippen LogP contribution in [0.15, 0.2) is 51.7 Å². The average Bonchev–Trinajstić information content (AvgIpc) is 2.91. The molecule has 108 valence electrons. The van der Waals surface area contributed by atoms with E-state index in [1.807, 2.05) is 6.26 Å². The molecule has 0 aliphatic carbocycles. The van der Waals surface area contributed by atoms with Gasteiger partial charge in [-0.3, -0.25) is 0 Å². The van der Waals surface area contributed by atoms with E-state index in [1.54, 1.807) is 6.26 Å². The fourth-order valence-corrected chi connectivity index (χ4v) is 2.58. The monoisotopic (exact) mass is 335 g/mol. The van der Waals surface area contributed by atoms with Crippen LogP contribution in [0.5, 0.6) is 0 Å². The van der Waals surface area contributed by atoms with E-state index in [0.717, 1.165) is 23.9 Å². The topological polar surface area (TPSA) is 25.2 Å². The highest BCUT2D eigenvalue weighted by atomic mass is 79.9. The Hall–Kier alpha value is -1.06. The van der Waals surface area contributed by atoms with Crippen LogP contribution < -0.4 is 5.32 Å². The second kappa shape index (κ2) is 7.65. The summed E-state index contributed by atoms with van der Waals surface area (Å²) in [4.78, 5) is 0. The zero-order valence-corrected chi connectivity index (χ0v) is 13.7. The Kier molecular flexibility index (Phi) is 5.86. The fourth-order valence-electron chi connectivity index (χ4n) is 2.31. The zero-order chi connectivity index (χ0) is 14.4. The average molecular weight is 336 g/mol. The van der Waals surface area contributed by atoms with Gasteiger partial charge in [-0.15, -0.1) is 0 Å². The normalized spacial score (nSPS) is 12.8. The first-order valence-electron chi connectivity index (χ1n) is 7.12. The molecule has 0 aliphatic heterocycles. The van der Waals surface area contributed by atoms with E-state index in [4.69, 9.17) is 4.42 Å². The van der Waals surface area contributed by atoms with E-state index in [0.29, 0.717) is 12.0 Å². The van der Waals surface area contributed by atoms with Crippen molar-refractivity contribution >= 4 is 15.9 Å². The third-order valence-electron chi connectivity index (χ3n) is 3.36. The van der Waals surface area contributed by atoms with E-state index in [2.05, 4.69) is 65.4 Å². The number of halogens is 1. The van der Waals surface area contributed by atoms with Gasteiger partial charge in [0.25, 0.3) is 0 Å². The van der Waals surface area contributed by atoms with Gasteiger partial charge in [0, 0.05) is 10.5 Å². The van der Waals surface area contributed by atoms with Crippen molar-refractivity contribution in [3.05, 3.63) is 58.5 Å². The third kappa shape index (κ3) is 5.14. The lowest BCUT2D eigenvalue weighted by Crippen LogP contribution is -2.31. The number of hydrogen-bond acceptors (Lipinski definition) is 2. The van der Waals surface area contributed by atoms with Crippen LogP contribution in [0.1, 0.15) is 25.0 Å². The standard InChI is InChI=1S/C17H22BrNO/c1-13(2)19-11-16(10-15-7-8-20-12-15)9-14-3-5-17(18)6-4-14/h3-8,12-13,16,19H,9-11H2,1-2H3. The van der Waals surface area contributed by atoms with Crippen LogP contribution in [-0.4, -0.2) is 12.6 Å². The van der Waals surface area contributed by atoms with Crippen LogP contribution in [-0.2, 0) is 12.8 Å². The molecule has 0 saturated carbocycles. The molecule has 3 heteroatoms. The molecule has 0 fully saturated rings. The summed E-state index contributed by atoms with van der Waals surface area (Å²) in [7, 11) is 0. The first-order chi connectivity index (χ1) is 9.63. The van der Waals surface area contributed by atoms with Crippen LogP contribution in [0.4, 0.5) is 0 Å². The molecule has 1 aromatic heterocycles. The van der Waals surface area contributed by atoms with Crippen molar-refractivity contribution in [2.45, 2.75) is 32.7 Å². The van der Waals surface area contributed by atoms with E-state index in [1.165, 1.54) is 11.1 Å². The molecule has 1 N–H and O–H groups in total. The van der Waals surface area contributed by atoms with Crippen LogP contribution in [0.2, 0.25) is 0 Å². The van der Waals surface area contributed by atoms with Crippen molar-refractivity contribution < 1.29 is 4.42 Å². The highest BCUT2D eigenvalue weighted by Gasteiger charge is 2.12. The Morgan fingerprint density at radius 1 is 1.05 bits per heavy atom. The van der Waals surface area contributed by atoms with E-state index in [-0.39, 0.29) is 0 Å². The summed E-state index contributed by atoms with van der Waals surface area (Å²) in [5.41, 5.74) is 2.66. The van der Waals surface area contributed by atoms with Gasteiger partial charge in [-0.05, 0) is 54.6 Å². The van der Waals surface area contributed by atoms with Gasteiger partial charge in [0.15, 0.2) is 0 Å². The number of benzene rings is 1. The van der Waals surface area contributed by atoms with Gasteiger partial charge in [-0.1, -0.05) is 41.9 Å². The van der Waals surface area contributed by atoms with Crippen LogP contribution in [0, 0.1) is 5.92 Å². The first kappa shape index (κ1) is 15.3. The van der Waals surface area contributed by atoms with Crippen LogP contribution in [0.25, 0.3) is 0 Å². The molecule has 0 aliphatic rings. The third-order valence-corrected chi connectivity index (χ3v) is 3.89. The highest BCUT2D eigenvalue weighted by molar-refractivity contribution is 9.10. The number of nitrogens with one attached hydrogen (secondary N) is 1. The highest BCUT2D eigenvalue weighted by Crippen LogP contribution is 2.17. The minimum absolute atomic E-state index is 0.520. The lowest BCUT2D eigenvalue weighted by Gasteiger charge is -2.19. The van der Waals surface area contributed by atoms with E-state index in [9.17, 15) is 0 Å². The van der Waals surface area contributed by atoms with Gasteiger partial charge in [0.05, 0.1) is 12.5 Å². The minimum atomic E-state index is 0.520. The SMILES string of the molecule is CC(C)NCC(Cc1ccc(Br)cc1)Cc1ccoc1. The van der Waals surface area contributed by atoms with Crippen molar-refractivity contribution in [3.63, 3.8) is 0 Å². The minimum Gasteiger partial charge on any atom is -0.472 e. The van der Waals surface area contributed by atoms with Crippen molar-refractivity contribution in [1.82, 2.24) is 5.32 Å². The Bertz CT molecular complexity index is 490. The van der Waals surface area contributed by atoms with Gasteiger partial charge in [-0.25, -0.2) is 0 Å². The number of furan rings is 1. The van der Waals surface area contributed by atoms with Crippen molar-refractivity contribution in [2.24, 2.45) is 5.92 Å². The lowest BCUT2D eigenvalue weighted by atomic mass is 9.93. The van der Waals surface area contributed by atoms with E-state index >= 15 is 0 Å². The quantitative estimate of drug-likeness (QED) is 0.809. The summed E-state index contributed by atoms with van der Waals surface area (Å²) < 4.78 is 6.31. The molecule has 0 radical (unpaired) electrons. The summed E-state index contributed by atoms with van der Waals surface area (Å²) >= 11 is 3.49. The van der Waals surface area contributed by atoms with Crippen LogP contribution >= 0.6 is 15.9 Å². The zero-order valence-electron chi connectivity index (χ0n) is 12.1. The Morgan fingerprint density at radius 3 is 2.35 bits per heavy atom. The largest absolute Gasteiger partial charge is 0.472 e. The van der Waals surface area contributed by atoms with Gasteiger partial charge >= 0.3 is 0 Å². The predicted octanol–water partition coefficient (Wildman–Crippen LogP) is 4.44. The van der Waals surface area contributed by atoms with Crippen LogP contribution in [0.3, 0.4) is 0 Å². The van der Waals surface area contributed by atoms with Gasteiger partial charge in [0.1, 0.15) is 0 Å². The molecule has 1 aromatic carbocycles. The molecule has 1 atom stereocenters. The van der Waals surface area contributed by atoms with Gasteiger partial charge in [-0.2, -0.15) is 0 Å². The molecular formula is C17H22BrNO. The van der Waals surface area contributed by atoms with Crippen molar-refractivity contribution in [2.75, 3.05) is 6.54 Å². The molecule has 0 amide bonds. The maximum absolute atomic E-state index is 5.18. The number of rotatable bonds is 7. The molecule has 20 heavy (non-hydrogen) atoms. The molecular weight excluding hydrogens is 314 g/mol. The summed E-state index contributed by atoms with van der Waals surface area (Å²) in [6, 6.07) is 11.2. The second-order valence-electron chi connectivity index (χ2n) is 5.60. The molecule has 0 spiro atoms. The molecule has 1 unspecified atom stereocenters. The van der Waals surface area contributed by atoms with Crippen molar-refractivity contribution in [3.8, 4) is 0 Å². The summed E-state index contributed by atoms with van der Waals surface area (Å²) in [5, 5.41) is 3.55. The second-order valence-corrected chi connectivity index (χ2v) is 6.51. The molecule has 2 aromatic rings. The van der Waals surface area contributed by atoms with Crippen molar-refractivity contribution in [1.29, 1.82) is 0 Å². The summed E-state index contributed by atoms with van der Waals surface area (Å²) in [6.07, 6.45) is 5.73. The first-order valence-corrected chi connectivity index (χ1v) is 7.91. The smallest absolute Gasteiger partial charge is 0.0934 e. The van der Waals surface area contributed by atoms with Gasteiger partial charge < -0.3 is 9.73 Å². The Morgan fingerprint density at radius 2 is 1.75 bits per heavy atom. The Balaban J connectivity index is 1.99. The fraction of sp³-hybridized carbons (Fsp3) is 0.412. The van der Waals surface area contributed by atoms with Gasteiger partial charge in [0.2, 0.25) is 0 Å². The summed E-state index contributed by atoms with van der Waals surface area (Å²) in [6.45, 7) is 5.40.